The highest BCUT2D eigenvalue weighted by Crippen LogP contribution is 2.32. The van der Waals surface area contributed by atoms with Crippen LogP contribution in [-0.4, -0.2) is 35.5 Å². The molecule has 2 amide bonds. The summed E-state index contributed by atoms with van der Waals surface area (Å²) in [5, 5.41) is 14.9. The van der Waals surface area contributed by atoms with E-state index in [9.17, 15) is 19.5 Å². The van der Waals surface area contributed by atoms with Gasteiger partial charge in [0.15, 0.2) is 0 Å². The molecule has 2 atom stereocenters. The lowest BCUT2D eigenvalue weighted by Crippen LogP contribution is -2.51. The summed E-state index contributed by atoms with van der Waals surface area (Å²) in [4.78, 5) is 36.5. The Balaban J connectivity index is 2.00. The minimum atomic E-state index is -0.839. The topological polar surface area (TPSA) is 95.5 Å². The van der Waals surface area contributed by atoms with Crippen molar-refractivity contribution < 1.29 is 19.5 Å². The van der Waals surface area contributed by atoms with Gasteiger partial charge in [0.25, 0.3) is 5.91 Å². The summed E-state index contributed by atoms with van der Waals surface area (Å²) in [7, 11) is 0. The molecule has 7 heteroatoms. The van der Waals surface area contributed by atoms with Crippen LogP contribution in [0.25, 0.3) is 0 Å². The number of hydrogen-bond acceptors (Lipinski definition) is 3. The molecule has 0 aliphatic heterocycles. The van der Waals surface area contributed by atoms with Crippen LogP contribution < -0.4 is 10.6 Å². The van der Waals surface area contributed by atoms with Crippen LogP contribution in [0.5, 0.6) is 0 Å². The van der Waals surface area contributed by atoms with Gasteiger partial charge in [-0.05, 0) is 45.8 Å². The van der Waals surface area contributed by atoms with E-state index in [2.05, 4.69) is 26.6 Å². The Labute approximate surface area is 174 Å². The Hall–Kier alpha value is -1.89. The van der Waals surface area contributed by atoms with Crippen molar-refractivity contribution >= 4 is 33.7 Å². The summed E-state index contributed by atoms with van der Waals surface area (Å²) < 4.78 is 0.665. The largest absolute Gasteiger partial charge is 0.481 e. The molecular formula is C21H29BrN2O4. The van der Waals surface area contributed by atoms with Gasteiger partial charge in [0.1, 0.15) is 6.04 Å². The van der Waals surface area contributed by atoms with Crippen LogP contribution in [0.15, 0.2) is 28.7 Å². The van der Waals surface area contributed by atoms with Crippen LogP contribution in [0.4, 0.5) is 0 Å². The van der Waals surface area contributed by atoms with Crippen LogP contribution in [0, 0.1) is 17.8 Å². The van der Waals surface area contributed by atoms with E-state index in [0.29, 0.717) is 22.5 Å². The van der Waals surface area contributed by atoms with E-state index < -0.39 is 12.0 Å². The zero-order chi connectivity index (χ0) is 20.7. The fourth-order valence-corrected chi connectivity index (χ4v) is 4.26. The zero-order valence-corrected chi connectivity index (χ0v) is 18.0. The molecule has 1 saturated carbocycles. The highest BCUT2D eigenvalue weighted by Gasteiger charge is 2.30. The summed E-state index contributed by atoms with van der Waals surface area (Å²) in [5.74, 6) is -1.27. The molecule has 1 fully saturated rings. The number of carboxylic acid groups (broad SMARTS) is 1. The molecule has 28 heavy (non-hydrogen) atoms. The number of hydrogen-bond donors (Lipinski definition) is 3. The molecule has 2 unspecified atom stereocenters. The highest BCUT2D eigenvalue weighted by molar-refractivity contribution is 9.10. The van der Waals surface area contributed by atoms with Crippen LogP contribution >= 0.6 is 15.9 Å². The van der Waals surface area contributed by atoms with Crippen molar-refractivity contribution in [2.45, 2.75) is 52.0 Å². The molecule has 154 valence electrons. The van der Waals surface area contributed by atoms with E-state index >= 15 is 0 Å². The maximum Gasteiger partial charge on any atom is 0.303 e. The van der Waals surface area contributed by atoms with Crippen LogP contribution in [-0.2, 0) is 9.59 Å². The molecule has 1 aliphatic rings. The molecule has 0 heterocycles. The number of carbonyl (C=O) groups excluding carboxylic acids is 2. The van der Waals surface area contributed by atoms with Crippen molar-refractivity contribution in [1.29, 1.82) is 0 Å². The minimum Gasteiger partial charge on any atom is -0.481 e. The second kappa shape index (κ2) is 10.6. The van der Waals surface area contributed by atoms with Crippen LogP contribution in [0.2, 0.25) is 0 Å². The molecule has 0 aromatic heterocycles. The Morgan fingerprint density at radius 3 is 2.39 bits per heavy atom. The standard InChI is InChI=1S/C21H29BrN2O4/c1-13(2)19(24-20(27)16-9-5-6-10-17(16)22)21(28)23-12-15(11-18(25)26)14-7-3-4-8-14/h5-6,9-10,13-15,19H,3-4,7-8,11-12H2,1-2H3,(H,23,28)(H,24,27)(H,25,26). The molecule has 1 aromatic carbocycles. The van der Waals surface area contributed by atoms with E-state index in [1.807, 2.05) is 19.9 Å². The summed E-state index contributed by atoms with van der Waals surface area (Å²) >= 11 is 3.35. The Morgan fingerprint density at radius 2 is 1.82 bits per heavy atom. The second-order valence-electron chi connectivity index (χ2n) is 7.82. The highest BCUT2D eigenvalue weighted by atomic mass is 79.9. The number of nitrogens with one attached hydrogen (secondary N) is 2. The summed E-state index contributed by atoms with van der Waals surface area (Å²) in [6, 6.07) is 6.37. The quantitative estimate of drug-likeness (QED) is 0.533. The smallest absolute Gasteiger partial charge is 0.303 e. The van der Waals surface area contributed by atoms with Crippen molar-refractivity contribution in [3.05, 3.63) is 34.3 Å². The third kappa shape index (κ3) is 6.33. The van der Waals surface area contributed by atoms with E-state index in [4.69, 9.17) is 0 Å². The number of carbonyl (C=O) groups is 3. The van der Waals surface area contributed by atoms with E-state index in [0.717, 1.165) is 25.7 Å². The van der Waals surface area contributed by atoms with Gasteiger partial charge in [0.2, 0.25) is 5.91 Å². The molecule has 3 N–H and O–H groups in total. The number of carboxylic acids is 1. The van der Waals surface area contributed by atoms with Gasteiger partial charge in [-0.15, -0.1) is 0 Å². The monoisotopic (exact) mass is 452 g/mol. The molecule has 1 aliphatic carbocycles. The molecule has 0 spiro atoms. The molecule has 1 aromatic rings. The Kier molecular flexibility index (Phi) is 8.48. The Morgan fingerprint density at radius 1 is 1.18 bits per heavy atom. The van der Waals surface area contributed by atoms with Gasteiger partial charge < -0.3 is 15.7 Å². The van der Waals surface area contributed by atoms with Gasteiger partial charge in [-0.2, -0.15) is 0 Å². The fraction of sp³-hybridized carbons (Fsp3) is 0.571. The molecule has 0 saturated heterocycles. The number of benzene rings is 1. The lowest BCUT2D eigenvalue weighted by molar-refractivity contribution is -0.139. The van der Waals surface area contributed by atoms with Gasteiger partial charge in [-0.3, -0.25) is 14.4 Å². The zero-order valence-electron chi connectivity index (χ0n) is 16.4. The van der Waals surface area contributed by atoms with Crippen molar-refractivity contribution in [2.75, 3.05) is 6.54 Å². The van der Waals surface area contributed by atoms with E-state index in [-0.39, 0.29) is 30.1 Å². The summed E-state index contributed by atoms with van der Waals surface area (Å²) in [6.07, 6.45) is 4.32. The van der Waals surface area contributed by atoms with Crippen molar-refractivity contribution in [3.63, 3.8) is 0 Å². The summed E-state index contributed by atoms with van der Waals surface area (Å²) in [5.41, 5.74) is 0.468. The van der Waals surface area contributed by atoms with Gasteiger partial charge in [0.05, 0.1) is 12.0 Å². The first kappa shape index (κ1) is 22.4. The lowest BCUT2D eigenvalue weighted by Gasteiger charge is -2.26. The normalized spacial score (nSPS) is 16.6. The van der Waals surface area contributed by atoms with Crippen LogP contribution in [0.3, 0.4) is 0 Å². The average Bonchev–Trinajstić information content (AvgIpc) is 3.17. The minimum absolute atomic E-state index is 0.0562. The molecule has 0 bridgehead atoms. The maximum absolute atomic E-state index is 12.8. The van der Waals surface area contributed by atoms with E-state index in [1.54, 1.807) is 18.2 Å². The third-order valence-electron chi connectivity index (χ3n) is 5.40. The van der Waals surface area contributed by atoms with Crippen LogP contribution in [0.1, 0.15) is 56.3 Å². The average molecular weight is 453 g/mol. The summed E-state index contributed by atoms with van der Waals surface area (Å²) in [6.45, 7) is 4.07. The van der Waals surface area contributed by atoms with E-state index in [1.165, 1.54) is 0 Å². The predicted octanol–water partition coefficient (Wildman–Crippen LogP) is 3.60. The lowest BCUT2D eigenvalue weighted by atomic mass is 9.88. The fourth-order valence-electron chi connectivity index (χ4n) is 3.80. The first-order valence-electron chi connectivity index (χ1n) is 9.84. The first-order valence-corrected chi connectivity index (χ1v) is 10.6. The maximum atomic E-state index is 12.8. The number of amides is 2. The van der Waals surface area contributed by atoms with Gasteiger partial charge >= 0.3 is 5.97 Å². The predicted molar refractivity (Wildman–Crippen MR) is 111 cm³/mol. The molecule has 2 rings (SSSR count). The molecular weight excluding hydrogens is 424 g/mol. The molecule has 0 radical (unpaired) electrons. The van der Waals surface area contributed by atoms with Gasteiger partial charge in [0, 0.05) is 11.0 Å². The number of aliphatic carboxylic acids is 1. The van der Waals surface area contributed by atoms with Crippen molar-refractivity contribution in [2.24, 2.45) is 17.8 Å². The molecule has 6 nitrogen and oxygen atoms in total. The third-order valence-corrected chi connectivity index (χ3v) is 6.09. The Bertz CT molecular complexity index is 701. The van der Waals surface area contributed by atoms with Crippen molar-refractivity contribution in [3.8, 4) is 0 Å². The first-order chi connectivity index (χ1) is 13.3. The van der Waals surface area contributed by atoms with Gasteiger partial charge in [-0.1, -0.05) is 51.7 Å². The number of rotatable bonds is 9. The second-order valence-corrected chi connectivity index (χ2v) is 8.68. The van der Waals surface area contributed by atoms with Gasteiger partial charge in [-0.25, -0.2) is 0 Å². The SMILES string of the molecule is CC(C)C(NC(=O)c1ccccc1Br)C(=O)NCC(CC(=O)O)C1CCCC1. The van der Waals surface area contributed by atoms with Crippen molar-refractivity contribution in [1.82, 2.24) is 10.6 Å². The number of halogens is 1.